The zero-order valence-corrected chi connectivity index (χ0v) is 14.4. The van der Waals surface area contributed by atoms with Gasteiger partial charge in [-0.2, -0.15) is 13.2 Å². The normalized spacial score (nSPS) is 16.4. The molecule has 2 aromatic carbocycles. The fourth-order valence-electron chi connectivity index (χ4n) is 3.45. The van der Waals surface area contributed by atoms with E-state index >= 15 is 0 Å². The molecule has 134 valence electrons. The molecule has 2 heterocycles. The van der Waals surface area contributed by atoms with Crippen LogP contribution in [-0.4, -0.2) is 22.9 Å². The molecule has 1 amide bonds. The third-order valence-corrected chi connectivity index (χ3v) is 4.95. The highest BCUT2D eigenvalue weighted by atomic mass is 19.4. The van der Waals surface area contributed by atoms with Gasteiger partial charge in [-0.1, -0.05) is 12.1 Å². The molecule has 4 nitrogen and oxygen atoms in total. The maximum Gasteiger partial charge on any atom is 0.416 e. The van der Waals surface area contributed by atoms with Crippen LogP contribution >= 0.6 is 0 Å². The zero-order valence-electron chi connectivity index (χ0n) is 14.4. The van der Waals surface area contributed by atoms with Gasteiger partial charge in [-0.25, -0.2) is 4.98 Å². The van der Waals surface area contributed by atoms with Crippen molar-refractivity contribution in [1.82, 2.24) is 9.97 Å². The molecule has 1 aliphatic rings. The topological polar surface area (TPSA) is 49.0 Å². The lowest BCUT2D eigenvalue weighted by Crippen LogP contribution is -2.33. The number of amides is 1. The van der Waals surface area contributed by atoms with Crippen molar-refractivity contribution in [3.05, 3.63) is 47.5 Å². The average molecular weight is 359 g/mol. The van der Waals surface area contributed by atoms with E-state index in [1.54, 1.807) is 11.9 Å². The molecule has 3 aromatic rings. The highest BCUT2D eigenvalue weighted by Gasteiger charge is 2.42. The van der Waals surface area contributed by atoms with Gasteiger partial charge in [-0.15, -0.1) is 0 Å². The van der Waals surface area contributed by atoms with Crippen LogP contribution in [0.5, 0.6) is 0 Å². The number of anilines is 1. The van der Waals surface area contributed by atoms with Crippen molar-refractivity contribution in [1.29, 1.82) is 0 Å². The molecule has 0 spiro atoms. The van der Waals surface area contributed by atoms with Crippen LogP contribution in [0.2, 0.25) is 0 Å². The minimum Gasteiger partial charge on any atom is -0.338 e. The highest BCUT2D eigenvalue weighted by molar-refractivity contribution is 6.07. The third-order valence-electron chi connectivity index (χ3n) is 4.95. The number of carbonyl (C=O) groups excluding carboxylic acids is 1. The molecular weight excluding hydrogens is 343 g/mol. The molecule has 0 fully saturated rings. The van der Waals surface area contributed by atoms with Crippen LogP contribution in [-0.2, 0) is 16.4 Å². The molecule has 1 N–H and O–H groups in total. The van der Waals surface area contributed by atoms with E-state index < -0.39 is 17.2 Å². The maximum atomic E-state index is 12.9. The Hall–Kier alpha value is -2.83. The van der Waals surface area contributed by atoms with Crippen molar-refractivity contribution in [2.45, 2.75) is 25.4 Å². The molecule has 4 rings (SSSR count). The van der Waals surface area contributed by atoms with Gasteiger partial charge in [0, 0.05) is 18.3 Å². The van der Waals surface area contributed by atoms with Crippen LogP contribution in [0, 0.1) is 0 Å². The Labute approximate surface area is 147 Å². The molecule has 1 aromatic heterocycles. The Balaban J connectivity index is 1.81. The zero-order chi connectivity index (χ0) is 18.9. The SMILES string of the molecule is CN1C(=O)C(C)(C)c2ccc(-c3nc4ccc(C(F)(F)F)cc4[nH]3)cc21. The smallest absolute Gasteiger partial charge is 0.338 e. The first-order valence-electron chi connectivity index (χ1n) is 8.09. The number of aromatic amines is 1. The Bertz CT molecular complexity index is 1050. The number of rotatable bonds is 1. The van der Waals surface area contributed by atoms with E-state index in [0.29, 0.717) is 22.4 Å². The minimum atomic E-state index is -4.40. The van der Waals surface area contributed by atoms with Crippen LogP contribution in [0.4, 0.5) is 18.9 Å². The molecule has 0 saturated carbocycles. The number of benzene rings is 2. The summed E-state index contributed by atoms with van der Waals surface area (Å²) in [6, 6.07) is 8.97. The molecule has 0 unspecified atom stereocenters. The summed E-state index contributed by atoms with van der Waals surface area (Å²) in [5, 5.41) is 0. The number of nitrogens with one attached hydrogen (secondary N) is 1. The molecular formula is C19H16F3N3O. The van der Waals surface area contributed by atoms with Gasteiger partial charge in [-0.05, 0) is 43.7 Å². The fraction of sp³-hybridized carbons (Fsp3) is 0.263. The van der Waals surface area contributed by atoms with Crippen LogP contribution in [0.3, 0.4) is 0 Å². The largest absolute Gasteiger partial charge is 0.416 e. The summed E-state index contributed by atoms with van der Waals surface area (Å²) in [4.78, 5) is 21.3. The van der Waals surface area contributed by atoms with E-state index in [-0.39, 0.29) is 5.91 Å². The summed E-state index contributed by atoms with van der Waals surface area (Å²) >= 11 is 0. The predicted molar refractivity (Wildman–Crippen MR) is 93.0 cm³/mol. The number of imidazole rings is 1. The van der Waals surface area contributed by atoms with Crippen molar-refractivity contribution >= 4 is 22.6 Å². The minimum absolute atomic E-state index is 0.00377. The molecule has 0 bridgehead atoms. The molecule has 7 heteroatoms. The van der Waals surface area contributed by atoms with E-state index in [1.807, 2.05) is 32.0 Å². The predicted octanol–water partition coefficient (Wildman–Crippen LogP) is 4.50. The van der Waals surface area contributed by atoms with E-state index in [0.717, 1.165) is 23.4 Å². The summed E-state index contributed by atoms with van der Waals surface area (Å²) in [5.41, 5.74) is 1.88. The molecule has 1 aliphatic heterocycles. The molecule has 0 atom stereocenters. The maximum absolute atomic E-state index is 12.9. The number of fused-ring (bicyclic) bond motifs is 2. The van der Waals surface area contributed by atoms with Gasteiger partial charge < -0.3 is 9.88 Å². The molecule has 26 heavy (non-hydrogen) atoms. The van der Waals surface area contributed by atoms with Crippen molar-refractivity contribution < 1.29 is 18.0 Å². The van der Waals surface area contributed by atoms with Crippen molar-refractivity contribution in [2.75, 3.05) is 11.9 Å². The van der Waals surface area contributed by atoms with Crippen LogP contribution in [0.25, 0.3) is 22.4 Å². The lowest BCUT2D eigenvalue weighted by molar-refractivity contribution is -0.137. The second-order valence-corrected chi connectivity index (χ2v) is 7.04. The number of alkyl halides is 3. The second kappa shape index (κ2) is 5.09. The van der Waals surface area contributed by atoms with E-state index in [1.165, 1.54) is 6.07 Å². The van der Waals surface area contributed by atoms with Crippen LogP contribution in [0.15, 0.2) is 36.4 Å². The molecule has 0 saturated heterocycles. The summed E-state index contributed by atoms with van der Waals surface area (Å²) in [5.74, 6) is 0.469. The summed E-state index contributed by atoms with van der Waals surface area (Å²) in [6.07, 6.45) is -4.40. The lowest BCUT2D eigenvalue weighted by Gasteiger charge is -2.16. The van der Waals surface area contributed by atoms with Crippen molar-refractivity contribution in [3.63, 3.8) is 0 Å². The summed E-state index contributed by atoms with van der Waals surface area (Å²) in [7, 11) is 1.72. The van der Waals surface area contributed by atoms with Gasteiger partial charge in [0.1, 0.15) is 5.82 Å². The first-order chi connectivity index (χ1) is 12.1. The van der Waals surface area contributed by atoms with E-state index in [4.69, 9.17) is 0 Å². The Morgan fingerprint density at radius 1 is 1.12 bits per heavy atom. The number of carbonyl (C=O) groups is 1. The van der Waals surface area contributed by atoms with Crippen molar-refractivity contribution in [3.8, 4) is 11.4 Å². The summed E-state index contributed by atoms with van der Waals surface area (Å²) in [6.45, 7) is 3.74. The standard InChI is InChI=1S/C19H16F3N3O/c1-18(2)12-6-4-10(8-15(12)25(3)17(18)26)16-23-13-7-5-11(19(20,21)22)9-14(13)24-16/h4-9H,1-3H3,(H,23,24). The van der Waals surface area contributed by atoms with Gasteiger partial charge >= 0.3 is 6.18 Å². The van der Waals surface area contributed by atoms with E-state index in [9.17, 15) is 18.0 Å². The van der Waals surface area contributed by atoms with Crippen LogP contribution < -0.4 is 4.90 Å². The number of hydrogen-bond acceptors (Lipinski definition) is 2. The first-order valence-corrected chi connectivity index (χ1v) is 8.09. The average Bonchev–Trinajstić information content (AvgIpc) is 3.08. The fourth-order valence-corrected chi connectivity index (χ4v) is 3.45. The number of aromatic nitrogens is 2. The van der Waals surface area contributed by atoms with Gasteiger partial charge in [0.2, 0.25) is 5.91 Å². The number of likely N-dealkylation sites (N-methyl/N-ethyl adjacent to an activating group) is 1. The molecule has 0 radical (unpaired) electrons. The van der Waals surface area contributed by atoms with E-state index in [2.05, 4.69) is 9.97 Å². The van der Waals surface area contributed by atoms with Crippen LogP contribution in [0.1, 0.15) is 25.0 Å². The lowest BCUT2D eigenvalue weighted by atomic mass is 9.86. The number of hydrogen-bond donors (Lipinski definition) is 1. The first kappa shape index (κ1) is 16.6. The Morgan fingerprint density at radius 2 is 1.85 bits per heavy atom. The van der Waals surface area contributed by atoms with Gasteiger partial charge in [0.05, 0.1) is 22.0 Å². The van der Waals surface area contributed by atoms with Gasteiger partial charge in [0.15, 0.2) is 0 Å². The third kappa shape index (κ3) is 2.30. The Kier molecular flexibility index (Phi) is 3.26. The second-order valence-electron chi connectivity index (χ2n) is 7.04. The number of H-pyrrole nitrogens is 1. The quantitative estimate of drug-likeness (QED) is 0.695. The van der Waals surface area contributed by atoms with Gasteiger partial charge in [-0.3, -0.25) is 4.79 Å². The van der Waals surface area contributed by atoms with Crippen molar-refractivity contribution in [2.24, 2.45) is 0 Å². The molecule has 0 aliphatic carbocycles. The number of nitrogens with zero attached hydrogens (tertiary/aromatic N) is 2. The highest BCUT2D eigenvalue weighted by Crippen LogP contribution is 2.42. The monoisotopic (exact) mass is 359 g/mol. The summed E-state index contributed by atoms with van der Waals surface area (Å²) < 4.78 is 38.6. The number of halogens is 3. The Morgan fingerprint density at radius 3 is 2.54 bits per heavy atom. The van der Waals surface area contributed by atoms with Gasteiger partial charge in [0.25, 0.3) is 0 Å².